The highest BCUT2D eigenvalue weighted by molar-refractivity contribution is 5.90. The quantitative estimate of drug-likeness (QED) is 0.540. The first kappa shape index (κ1) is 24.0. The third kappa shape index (κ3) is 4.85. The van der Waals surface area contributed by atoms with Crippen molar-refractivity contribution in [3.8, 4) is 5.75 Å². The fourth-order valence-electron chi connectivity index (χ4n) is 4.67. The van der Waals surface area contributed by atoms with E-state index in [0.717, 1.165) is 17.9 Å². The lowest BCUT2D eigenvalue weighted by Crippen LogP contribution is -2.49. The van der Waals surface area contributed by atoms with Crippen molar-refractivity contribution in [3.63, 3.8) is 0 Å². The molecule has 1 saturated heterocycles. The lowest BCUT2D eigenvalue weighted by Gasteiger charge is -2.38. The first-order chi connectivity index (χ1) is 16.4. The standard InChI is InChI=1S/C28H32N2O4/c1-29(26(20-30-18-17-24(31)19-30)21-13-15-25(34-2)16-14-21)27(32)28(33,22-9-5-3-6-10-22)23-11-7-4-8-12-23/h3-16,24,26,31,33H,17-20H2,1-2H3/t24-,26+/m0/s1. The van der Waals surface area contributed by atoms with Crippen molar-refractivity contribution in [2.45, 2.75) is 24.2 Å². The second-order valence-corrected chi connectivity index (χ2v) is 8.85. The van der Waals surface area contributed by atoms with E-state index in [2.05, 4.69) is 4.90 Å². The molecule has 2 N–H and O–H groups in total. The lowest BCUT2D eigenvalue weighted by molar-refractivity contribution is -0.149. The number of likely N-dealkylation sites (tertiary alicyclic amines) is 1. The predicted octanol–water partition coefficient (Wildman–Crippen LogP) is 3.20. The molecule has 1 amide bonds. The average molecular weight is 461 g/mol. The number of hydrogen-bond donors (Lipinski definition) is 2. The molecular weight excluding hydrogens is 428 g/mol. The van der Waals surface area contributed by atoms with Crippen LogP contribution >= 0.6 is 0 Å². The molecule has 0 spiro atoms. The fraction of sp³-hybridized carbons (Fsp3) is 0.321. The number of benzene rings is 3. The maximum atomic E-state index is 14.1. The molecule has 0 aromatic heterocycles. The SMILES string of the molecule is COc1ccc([C@@H](CN2CC[C@H](O)C2)N(C)C(=O)C(O)(c2ccccc2)c2ccccc2)cc1. The Bertz CT molecular complexity index is 1030. The molecular formula is C28H32N2O4. The van der Waals surface area contributed by atoms with Crippen LogP contribution in [0.4, 0.5) is 0 Å². The molecule has 3 aromatic rings. The molecule has 1 aliphatic heterocycles. The van der Waals surface area contributed by atoms with Crippen molar-refractivity contribution in [3.05, 3.63) is 102 Å². The molecule has 178 valence electrons. The maximum Gasteiger partial charge on any atom is 0.264 e. The molecule has 0 bridgehead atoms. The van der Waals surface area contributed by atoms with Crippen molar-refractivity contribution in [2.24, 2.45) is 0 Å². The Morgan fingerprint density at radius 2 is 1.59 bits per heavy atom. The van der Waals surface area contributed by atoms with Gasteiger partial charge in [0.15, 0.2) is 5.60 Å². The number of amides is 1. The summed E-state index contributed by atoms with van der Waals surface area (Å²) in [4.78, 5) is 17.9. The summed E-state index contributed by atoms with van der Waals surface area (Å²) < 4.78 is 5.31. The van der Waals surface area contributed by atoms with Gasteiger partial charge in [0.25, 0.3) is 5.91 Å². The van der Waals surface area contributed by atoms with E-state index in [0.29, 0.717) is 30.6 Å². The van der Waals surface area contributed by atoms with E-state index in [-0.39, 0.29) is 12.1 Å². The van der Waals surface area contributed by atoms with E-state index in [9.17, 15) is 15.0 Å². The molecule has 0 unspecified atom stereocenters. The topological polar surface area (TPSA) is 73.2 Å². The van der Waals surface area contributed by atoms with E-state index in [1.165, 1.54) is 0 Å². The molecule has 0 radical (unpaired) electrons. The molecule has 34 heavy (non-hydrogen) atoms. The van der Waals surface area contributed by atoms with Crippen LogP contribution in [0.5, 0.6) is 5.75 Å². The van der Waals surface area contributed by atoms with Crippen LogP contribution in [0.2, 0.25) is 0 Å². The zero-order valence-corrected chi connectivity index (χ0v) is 19.7. The van der Waals surface area contributed by atoms with Crippen LogP contribution < -0.4 is 4.74 Å². The van der Waals surface area contributed by atoms with E-state index < -0.39 is 11.5 Å². The zero-order valence-electron chi connectivity index (χ0n) is 19.7. The Labute approximate surface area is 201 Å². The van der Waals surface area contributed by atoms with Gasteiger partial charge >= 0.3 is 0 Å². The van der Waals surface area contributed by atoms with Gasteiger partial charge in [-0.2, -0.15) is 0 Å². The molecule has 3 aromatic carbocycles. The van der Waals surface area contributed by atoms with E-state index >= 15 is 0 Å². The van der Waals surface area contributed by atoms with Gasteiger partial charge in [0.1, 0.15) is 5.75 Å². The van der Waals surface area contributed by atoms with Crippen molar-refractivity contribution in [1.82, 2.24) is 9.80 Å². The third-order valence-corrected chi connectivity index (χ3v) is 6.66. The van der Waals surface area contributed by atoms with Gasteiger partial charge < -0.3 is 19.8 Å². The number of hydrogen-bond acceptors (Lipinski definition) is 5. The summed E-state index contributed by atoms with van der Waals surface area (Å²) in [5, 5.41) is 22.1. The number of nitrogens with zero attached hydrogens (tertiary/aromatic N) is 2. The van der Waals surface area contributed by atoms with Gasteiger partial charge in [-0.05, 0) is 35.2 Å². The van der Waals surface area contributed by atoms with Crippen LogP contribution in [0, 0.1) is 0 Å². The summed E-state index contributed by atoms with van der Waals surface area (Å²) >= 11 is 0. The van der Waals surface area contributed by atoms with Crippen molar-refractivity contribution >= 4 is 5.91 Å². The third-order valence-electron chi connectivity index (χ3n) is 6.66. The van der Waals surface area contributed by atoms with Crippen LogP contribution in [0.3, 0.4) is 0 Å². The molecule has 6 nitrogen and oxygen atoms in total. The molecule has 1 heterocycles. The minimum Gasteiger partial charge on any atom is -0.497 e. The Kier molecular flexibility index (Phi) is 7.32. The highest BCUT2D eigenvalue weighted by atomic mass is 16.5. The van der Waals surface area contributed by atoms with Crippen LogP contribution in [0.1, 0.15) is 29.2 Å². The predicted molar refractivity (Wildman–Crippen MR) is 131 cm³/mol. The van der Waals surface area contributed by atoms with Gasteiger partial charge in [-0.25, -0.2) is 0 Å². The summed E-state index contributed by atoms with van der Waals surface area (Å²) in [6.07, 6.45) is 0.355. The summed E-state index contributed by atoms with van der Waals surface area (Å²) in [6, 6.07) is 25.4. The summed E-state index contributed by atoms with van der Waals surface area (Å²) in [6.45, 7) is 1.87. The van der Waals surface area contributed by atoms with Gasteiger partial charge in [-0.1, -0.05) is 72.8 Å². The van der Waals surface area contributed by atoms with Gasteiger partial charge in [0.2, 0.25) is 0 Å². The monoisotopic (exact) mass is 460 g/mol. The zero-order chi connectivity index (χ0) is 24.1. The molecule has 6 heteroatoms. The number of carbonyl (C=O) groups excluding carboxylic acids is 1. The van der Waals surface area contributed by atoms with Gasteiger partial charge in [-0.15, -0.1) is 0 Å². The largest absolute Gasteiger partial charge is 0.497 e. The van der Waals surface area contributed by atoms with E-state index in [1.807, 2.05) is 60.7 Å². The number of methoxy groups -OCH3 is 1. The van der Waals surface area contributed by atoms with Crippen molar-refractivity contribution in [1.29, 1.82) is 0 Å². The van der Waals surface area contributed by atoms with Gasteiger partial charge in [0.05, 0.1) is 19.3 Å². The van der Waals surface area contributed by atoms with E-state index in [4.69, 9.17) is 4.74 Å². The molecule has 1 fully saturated rings. The smallest absolute Gasteiger partial charge is 0.264 e. The fourth-order valence-corrected chi connectivity index (χ4v) is 4.67. The first-order valence-electron chi connectivity index (χ1n) is 11.6. The van der Waals surface area contributed by atoms with Gasteiger partial charge in [-0.3, -0.25) is 9.69 Å². The van der Waals surface area contributed by atoms with Crippen LogP contribution in [-0.2, 0) is 10.4 Å². The molecule has 0 saturated carbocycles. The normalized spacial score (nSPS) is 17.4. The Morgan fingerprint density at radius 1 is 1.03 bits per heavy atom. The highest BCUT2D eigenvalue weighted by Gasteiger charge is 2.44. The Balaban J connectivity index is 1.73. The van der Waals surface area contributed by atoms with Crippen molar-refractivity contribution < 1.29 is 19.7 Å². The molecule has 4 rings (SSSR count). The summed E-state index contributed by atoms with van der Waals surface area (Å²) in [5.41, 5.74) is 0.125. The first-order valence-corrected chi connectivity index (χ1v) is 11.6. The number of ether oxygens (including phenoxy) is 1. The average Bonchev–Trinajstić information content (AvgIpc) is 3.31. The minimum atomic E-state index is -1.84. The van der Waals surface area contributed by atoms with Crippen molar-refractivity contribution in [2.75, 3.05) is 33.8 Å². The maximum absolute atomic E-state index is 14.1. The number of aliphatic hydroxyl groups excluding tert-OH is 1. The Morgan fingerprint density at radius 3 is 2.06 bits per heavy atom. The minimum absolute atomic E-state index is 0.331. The van der Waals surface area contributed by atoms with Crippen LogP contribution in [0.25, 0.3) is 0 Å². The van der Waals surface area contributed by atoms with Crippen LogP contribution in [0.15, 0.2) is 84.9 Å². The second-order valence-electron chi connectivity index (χ2n) is 8.85. The summed E-state index contributed by atoms with van der Waals surface area (Å²) in [7, 11) is 3.36. The summed E-state index contributed by atoms with van der Waals surface area (Å²) in [5.74, 6) is 0.323. The molecule has 0 aliphatic carbocycles. The number of likely N-dealkylation sites (N-methyl/N-ethyl adjacent to an activating group) is 1. The van der Waals surface area contributed by atoms with Gasteiger partial charge in [0, 0.05) is 26.7 Å². The number of β-amino-alcohol motifs (C(OH)–C–C–N with tert-alkyl or cyclic N) is 1. The Hall–Kier alpha value is -3.19. The molecule has 1 aliphatic rings. The lowest BCUT2D eigenvalue weighted by atomic mass is 9.84. The van der Waals surface area contributed by atoms with Crippen LogP contribution in [-0.4, -0.2) is 65.8 Å². The highest BCUT2D eigenvalue weighted by Crippen LogP contribution is 2.35. The number of rotatable bonds is 8. The molecule has 2 atom stereocenters. The van der Waals surface area contributed by atoms with E-state index in [1.54, 1.807) is 43.3 Å². The number of carbonyl (C=O) groups is 1. The second kappa shape index (κ2) is 10.4. The number of aliphatic hydroxyl groups is 2.